The average molecular weight is 283 g/mol. The van der Waals surface area contributed by atoms with Gasteiger partial charge in [-0.1, -0.05) is 12.2 Å². The van der Waals surface area contributed by atoms with E-state index in [0.717, 1.165) is 31.4 Å². The molecule has 1 fully saturated rings. The fraction of sp³-hybridized carbons (Fsp3) is 0.444. The lowest BCUT2D eigenvalue weighted by molar-refractivity contribution is -0.117. The van der Waals surface area contributed by atoms with E-state index in [-0.39, 0.29) is 17.6 Å². The van der Waals surface area contributed by atoms with Crippen LogP contribution in [0, 0.1) is 17.8 Å². The Morgan fingerprint density at radius 2 is 1.57 bits per heavy atom. The van der Waals surface area contributed by atoms with Crippen molar-refractivity contribution in [2.75, 3.05) is 5.32 Å². The molecule has 110 valence electrons. The van der Waals surface area contributed by atoms with E-state index in [0.29, 0.717) is 17.4 Å². The highest BCUT2D eigenvalue weighted by Crippen LogP contribution is 2.53. The average Bonchev–Trinajstić information content (AvgIpc) is 3.10. The Bertz CT molecular complexity index is 557. The Morgan fingerprint density at radius 1 is 1.00 bits per heavy atom. The Kier molecular flexibility index (Phi) is 3.91. The van der Waals surface area contributed by atoms with E-state index in [2.05, 4.69) is 17.5 Å². The van der Waals surface area contributed by atoms with E-state index in [1.54, 1.807) is 31.2 Å². The summed E-state index contributed by atoms with van der Waals surface area (Å²) in [6.45, 7) is 1.54. The lowest BCUT2D eigenvalue weighted by Gasteiger charge is -2.05. The Balaban J connectivity index is 1.61. The van der Waals surface area contributed by atoms with E-state index in [9.17, 15) is 9.59 Å². The summed E-state index contributed by atoms with van der Waals surface area (Å²) in [5, 5.41) is 3.00. The van der Waals surface area contributed by atoms with Crippen molar-refractivity contribution in [3.05, 3.63) is 42.0 Å². The summed E-state index contributed by atoms with van der Waals surface area (Å²) in [6.07, 6.45) is 8.93. The van der Waals surface area contributed by atoms with Gasteiger partial charge in [0.25, 0.3) is 0 Å². The first-order chi connectivity index (χ1) is 10.2. The molecule has 3 rings (SSSR count). The third kappa shape index (κ3) is 3.07. The second kappa shape index (κ2) is 5.84. The molecule has 1 N–H and O–H groups in total. The molecule has 1 aromatic carbocycles. The van der Waals surface area contributed by atoms with Crippen molar-refractivity contribution in [1.82, 2.24) is 0 Å². The molecule has 0 heterocycles. The summed E-state index contributed by atoms with van der Waals surface area (Å²) in [5.74, 6) is 1.49. The number of carbonyl (C=O) groups excluding carboxylic acids is 2. The maximum atomic E-state index is 12.4. The molecule has 0 saturated heterocycles. The molecule has 0 aliphatic heterocycles. The SMILES string of the molecule is CC(=O)c1ccc(NC(=O)C2C3CC/C=C\CCC32)cc1. The van der Waals surface area contributed by atoms with Crippen molar-refractivity contribution in [2.24, 2.45) is 17.8 Å². The van der Waals surface area contributed by atoms with Crippen LogP contribution in [0.5, 0.6) is 0 Å². The lowest BCUT2D eigenvalue weighted by atomic mass is 10.1. The van der Waals surface area contributed by atoms with E-state index in [4.69, 9.17) is 0 Å². The van der Waals surface area contributed by atoms with Crippen LogP contribution in [0.25, 0.3) is 0 Å². The minimum atomic E-state index is 0.0427. The molecule has 1 aromatic rings. The second-order valence-electron chi connectivity index (χ2n) is 6.10. The van der Waals surface area contributed by atoms with Crippen LogP contribution in [-0.4, -0.2) is 11.7 Å². The molecule has 0 bridgehead atoms. The van der Waals surface area contributed by atoms with Crippen molar-refractivity contribution in [3.8, 4) is 0 Å². The van der Waals surface area contributed by atoms with Gasteiger partial charge < -0.3 is 5.32 Å². The summed E-state index contributed by atoms with van der Waals surface area (Å²) in [6, 6.07) is 7.14. The van der Waals surface area contributed by atoms with Crippen LogP contribution < -0.4 is 5.32 Å². The number of allylic oxidation sites excluding steroid dienone is 2. The Hall–Kier alpha value is -1.90. The Morgan fingerprint density at radius 3 is 2.10 bits per heavy atom. The molecule has 2 unspecified atom stereocenters. The van der Waals surface area contributed by atoms with Gasteiger partial charge in [0.2, 0.25) is 5.91 Å². The normalized spacial score (nSPS) is 28.7. The number of carbonyl (C=O) groups is 2. The van der Waals surface area contributed by atoms with Crippen molar-refractivity contribution in [3.63, 3.8) is 0 Å². The number of benzene rings is 1. The van der Waals surface area contributed by atoms with Gasteiger partial charge in [-0.05, 0) is 68.7 Å². The molecule has 1 amide bonds. The predicted molar refractivity (Wildman–Crippen MR) is 83.2 cm³/mol. The van der Waals surface area contributed by atoms with E-state index >= 15 is 0 Å². The largest absolute Gasteiger partial charge is 0.326 e. The molecule has 3 heteroatoms. The fourth-order valence-corrected chi connectivity index (χ4v) is 3.45. The number of hydrogen-bond donors (Lipinski definition) is 1. The number of anilines is 1. The highest BCUT2D eigenvalue weighted by atomic mass is 16.2. The molecule has 2 aliphatic carbocycles. The van der Waals surface area contributed by atoms with Crippen molar-refractivity contribution in [1.29, 1.82) is 0 Å². The minimum absolute atomic E-state index is 0.0427. The molecule has 21 heavy (non-hydrogen) atoms. The maximum Gasteiger partial charge on any atom is 0.228 e. The van der Waals surface area contributed by atoms with Gasteiger partial charge in [0.1, 0.15) is 0 Å². The zero-order chi connectivity index (χ0) is 14.8. The van der Waals surface area contributed by atoms with Gasteiger partial charge in [-0.3, -0.25) is 9.59 Å². The second-order valence-corrected chi connectivity index (χ2v) is 6.10. The monoisotopic (exact) mass is 283 g/mol. The molecule has 1 saturated carbocycles. The maximum absolute atomic E-state index is 12.4. The molecular weight excluding hydrogens is 262 g/mol. The van der Waals surface area contributed by atoms with E-state index in [1.807, 2.05) is 0 Å². The molecule has 0 aromatic heterocycles. The summed E-state index contributed by atoms with van der Waals surface area (Å²) < 4.78 is 0. The number of nitrogens with one attached hydrogen (secondary N) is 1. The molecule has 2 atom stereocenters. The van der Waals surface area contributed by atoms with Gasteiger partial charge in [0, 0.05) is 17.2 Å². The third-order valence-corrected chi connectivity index (χ3v) is 4.69. The summed E-state index contributed by atoms with van der Waals surface area (Å²) in [7, 11) is 0. The van der Waals surface area contributed by atoms with Gasteiger partial charge in [-0.2, -0.15) is 0 Å². The zero-order valence-electron chi connectivity index (χ0n) is 12.3. The number of ketones is 1. The first-order valence-electron chi connectivity index (χ1n) is 7.73. The van der Waals surface area contributed by atoms with Crippen LogP contribution in [0.3, 0.4) is 0 Å². The van der Waals surface area contributed by atoms with E-state index < -0.39 is 0 Å². The summed E-state index contributed by atoms with van der Waals surface area (Å²) in [5.41, 5.74) is 1.45. The van der Waals surface area contributed by atoms with Crippen LogP contribution in [-0.2, 0) is 4.79 Å². The van der Waals surface area contributed by atoms with Crippen molar-refractivity contribution < 1.29 is 9.59 Å². The number of fused-ring (bicyclic) bond motifs is 1. The summed E-state index contributed by atoms with van der Waals surface area (Å²) in [4.78, 5) is 23.6. The van der Waals surface area contributed by atoms with Crippen LogP contribution in [0.4, 0.5) is 5.69 Å². The van der Waals surface area contributed by atoms with E-state index in [1.165, 1.54) is 0 Å². The fourth-order valence-electron chi connectivity index (χ4n) is 3.45. The zero-order valence-corrected chi connectivity index (χ0v) is 12.3. The van der Waals surface area contributed by atoms with Gasteiger partial charge >= 0.3 is 0 Å². The van der Waals surface area contributed by atoms with Crippen LogP contribution in [0.2, 0.25) is 0 Å². The highest BCUT2D eigenvalue weighted by Gasteiger charge is 2.53. The van der Waals surface area contributed by atoms with Crippen molar-refractivity contribution >= 4 is 17.4 Å². The van der Waals surface area contributed by atoms with Crippen LogP contribution in [0.15, 0.2) is 36.4 Å². The number of rotatable bonds is 3. The van der Waals surface area contributed by atoms with Gasteiger partial charge in [-0.25, -0.2) is 0 Å². The lowest BCUT2D eigenvalue weighted by Crippen LogP contribution is -2.15. The highest BCUT2D eigenvalue weighted by molar-refractivity contribution is 5.97. The first-order valence-corrected chi connectivity index (χ1v) is 7.73. The van der Waals surface area contributed by atoms with Crippen LogP contribution in [0.1, 0.15) is 43.0 Å². The molecule has 0 radical (unpaired) electrons. The van der Waals surface area contributed by atoms with Gasteiger partial charge in [0.15, 0.2) is 5.78 Å². The predicted octanol–water partition coefficient (Wildman–Crippen LogP) is 3.82. The quantitative estimate of drug-likeness (QED) is 0.677. The van der Waals surface area contributed by atoms with Gasteiger partial charge in [0.05, 0.1) is 0 Å². The van der Waals surface area contributed by atoms with Gasteiger partial charge in [-0.15, -0.1) is 0 Å². The molecular formula is C18H21NO2. The number of amides is 1. The standard InChI is InChI=1S/C18H21NO2/c1-12(20)13-8-10-14(11-9-13)19-18(21)17-15-6-4-2-3-5-7-16(15)17/h2-3,8-11,15-17H,4-7H2,1H3,(H,19,21)/b3-2-. The van der Waals surface area contributed by atoms with Crippen LogP contribution >= 0.6 is 0 Å². The number of hydrogen-bond acceptors (Lipinski definition) is 2. The van der Waals surface area contributed by atoms with Crippen molar-refractivity contribution in [2.45, 2.75) is 32.6 Å². The topological polar surface area (TPSA) is 46.2 Å². The molecule has 3 nitrogen and oxygen atoms in total. The smallest absolute Gasteiger partial charge is 0.228 e. The first kappa shape index (κ1) is 14.1. The molecule has 0 spiro atoms. The third-order valence-electron chi connectivity index (χ3n) is 4.69. The molecule has 2 aliphatic rings. The Labute approximate surface area is 125 Å². The number of Topliss-reactive ketones (excluding diaryl/α,β-unsaturated/α-hetero) is 1. The minimum Gasteiger partial charge on any atom is -0.326 e. The summed E-state index contributed by atoms with van der Waals surface area (Å²) >= 11 is 0.